The number of rotatable bonds is 5. The molecule has 2 atom stereocenters. The number of hydrogen-bond donors (Lipinski definition) is 2. The lowest BCUT2D eigenvalue weighted by Crippen LogP contribution is -2.35. The van der Waals surface area contributed by atoms with Crippen molar-refractivity contribution in [1.82, 2.24) is 15.5 Å². The molecule has 0 bridgehead atoms. The first kappa shape index (κ1) is 14.1. The van der Waals surface area contributed by atoms with Crippen molar-refractivity contribution in [2.45, 2.75) is 19.5 Å². The fourth-order valence-corrected chi connectivity index (χ4v) is 1.89. The van der Waals surface area contributed by atoms with E-state index >= 15 is 0 Å². The Morgan fingerprint density at radius 3 is 2.65 bits per heavy atom. The monoisotopic (exact) mass is 270 g/mol. The quantitative estimate of drug-likeness (QED) is 0.861. The van der Waals surface area contributed by atoms with E-state index in [2.05, 4.69) is 15.5 Å². The van der Waals surface area contributed by atoms with E-state index in [1.165, 1.54) is 0 Å². The summed E-state index contributed by atoms with van der Waals surface area (Å²) in [6.45, 7) is 2.18. The summed E-state index contributed by atoms with van der Waals surface area (Å²) in [5.74, 6) is -0.402. The number of nitrogens with zero attached hydrogens (tertiary/aromatic N) is 2. The van der Waals surface area contributed by atoms with Crippen LogP contribution in [0.2, 0.25) is 0 Å². The molecular formula is C15H18N4O. The molecule has 5 heteroatoms. The normalized spacial score (nSPS) is 13.5. The zero-order chi connectivity index (χ0) is 14.4. The second kappa shape index (κ2) is 6.77. The zero-order valence-electron chi connectivity index (χ0n) is 11.4. The van der Waals surface area contributed by atoms with Crippen LogP contribution in [0.5, 0.6) is 0 Å². The maximum atomic E-state index is 12.1. The van der Waals surface area contributed by atoms with Crippen molar-refractivity contribution in [3.63, 3.8) is 0 Å². The molecule has 3 N–H and O–H groups in total. The van der Waals surface area contributed by atoms with E-state index in [0.29, 0.717) is 6.54 Å². The molecule has 1 aromatic carbocycles. The Morgan fingerprint density at radius 2 is 2.00 bits per heavy atom. The number of aromatic nitrogens is 2. The Balaban J connectivity index is 1.92. The molecule has 1 amide bonds. The summed E-state index contributed by atoms with van der Waals surface area (Å²) in [4.78, 5) is 12.1. The highest BCUT2D eigenvalue weighted by molar-refractivity contribution is 5.79. The van der Waals surface area contributed by atoms with E-state index in [1.54, 1.807) is 12.3 Å². The Morgan fingerprint density at radius 1 is 1.25 bits per heavy atom. The zero-order valence-corrected chi connectivity index (χ0v) is 11.4. The average Bonchev–Trinajstić information content (AvgIpc) is 2.53. The maximum Gasteiger partial charge on any atom is 0.225 e. The van der Waals surface area contributed by atoms with Crippen LogP contribution in [0.4, 0.5) is 0 Å². The number of benzene rings is 1. The number of amides is 1. The number of nitrogens with two attached hydrogens (primary N) is 1. The first-order valence-corrected chi connectivity index (χ1v) is 6.53. The molecule has 1 aromatic heterocycles. The summed E-state index contributed by atoms with van der Waals surface area (Å²) in [6.07, 6.45) is 1.60. The molecule has 20 heavy (non-hydrogen) atoms. The first-order valence-electron chi connectivity index (χ1n) is 6.53. The van der Waals surface area contributed by atoms with Gasteiger partial charge in [-0.25, -0.2) is 0 Å². The summed E-state index contributed by atoms with van der Waals surface area (Å²) >= 11 is 0. The van der Waals surface area contributed by atoms with E-state index in [4.69, 9.17) is 5.73 Å². The lowest BCUT2D eigenvalue weighted by atomic mass is 9.95. The molecule has 0 saturated heterocycles. The van der Waals surface area contributed by atoms with Gasteiger partial charge in [-0.2, -0.15) is 10.2 Å². The smallest absolute Gasteiger partial charge is 0.225 e. The molecular weight excluding hydrogens is 252 g/mol. The van der Waals surface area contributed by atoms with Crippen molar-refractivity contribution in [1.29, 1.82) is 0 Å². The lowest BCUT2D eigenvalue weighted by Gasteiger charge is -2.19. The van der Waals surface area contributed by atoms with Crippen molar-refractivity contribution in [2.75, 3.05) is 0 Å². The molecule has 2 rings (SSSR count). The van der Waals surface area contributed by atoms with Gasteiger partial charge in [-0.05, 0) is 17.7 Å². The van der Waals surface area contributed by atoms with Gasteiger partial charge in [0.05, 0.1) is 18.2 Å². The third kappa shape index (κ3) is 3.61. The van der Waals surface area contributed by atoms with Gasteiger partial charge in [0, 0.05) is 12.2 Å². The second-order valence-electron chi connectivity index (χ2n) is 4.66. The van der Waals surface area contributed by atoms with Gasteiger partial charge in [-0.3, -0.25) is 4.79 Å². The minimum absolute atomic E-state index is 0.0907. The number of nitrogens with one attached hydrogen (secondary N) is 1. The van der Waals surface area contributed by atoms with Gasteiger partial charge in [0.1, 0.15) is 0 Å². The predicted molar refractivity (Wildman–Crippen MR) is 76.4 cm³/mol. The van der Waals surface area contributed by atoms with Crippen LogP contribution in [0.15, 0.2) is 48.7 Å². The molecule has 2 unspecified atom stereocenters. The third-order valence-corrected chi connectivity index (χ3v) is 3.21. The highest BCUT2D eigenvalue weighted by Gasteiger charge is 2.21. The van der Waals surface area contributed by atoms with Crippen molar-refractivity contribution in [2.24, 2.45) is 11.7 Å². The van der Waals surface area contributed by atoms with Crippen LogP contribution in [-0.2, 0) is 11.3 Å². The molecule has 0 spiro atoms. The van der Waals surface area contributed by atoms with E-state index in [9.17, 15) is 4.79 Å². The van der Waals surface area contributed by atoms with Gasteiger partial charge in [0.15, 0.2) is 0 Å². The molecule has 0 aliphatic carbocycles. The first-order chi connectivity index (χ1) is 9.68. The minimum atomic E-state index is -0.321. The Bertz CT molecular complexity index is 544. The Hall–Kier alpha value is -2.27. The number of carbonyl (C=O) groups excluding carboxylic acids is 1. The summed E-state index contributed by atoms with van der Waals surface area (Å²) in [5.41, 5.74) is 7.80. The summed E-state index contributed by atoms with van der Waals surface area (Å²) in [6, 6.07) is 12.9. The largest absolute Gasteiger partial charge is 0.350 e. The average molecular weight is 270 g/mol. The van der Waals surface area contributed by atoms with E-state index in [1.807, 2.05) is 43.3 Å². The Labute approximate surface area is 118 Å². The summed E-state index contributed by atoms with van der Waals surface area (Å²) in [7, 11) is 0. The molecule has 0 aliphatic rings. The van der Waals surface area contributed by atoms with Crippen LogP contribution < -0.4 is 11.1 Å². The molecule has 5 nitrogen and oxygen atoms in total. The van der Waals surface area contributed by atoms with Crippen LogP contribution in [-0.4, -0.2) is 16.1 Å². The van der Waals surface area contributed by atoms with Gasteiger partial charge < -0.3 is 11.1 Å². The van der Waals surface area contributed by atoms with E-state index < -0.39 is 0 Å². The van der Waals surface area contributed by atoms with E-state index in [0.717, 1.165) is 11.3 Å². The molecule has 1 heterocycles. The van der Waals surface area contributed by atoms with Crippen molar-refractivity contribution < 1.29 is 4.79 Å². The van der Waals surface area contributed by atoms with Gasteiger partial charge >= 0.3 is 0 Å². The second-order valence-corrected chi connectivity index (χ2v) is 4.66. The number of hydrogen-bond acceptors (Lipinski definition) is 4. The third-order valence-electron chi connectivity index (χ3n) is 3.21. The van der Waals surface area contributed by atoms with Crippen LogP contribution >= 0.6 is 0 Å². The minimum Gasteiger partial charge on any atom is -0.350 e. The predicted octanol–water partition coefficient (Wildman–Crippen LogP) is 1.43. The maximum absolute atomic E-state index is 12.1. The fraction of sp³-hybridized carbons (Fsp3) is 0.267. The summed E-state index contributed by atoms with van der Waals surface area (Å²) < 4.78 is 0. The molecule has 104 valence electrons. The standard InChI is InChI=1S/C15H18N4O/c1-11(14(16)12-6-3-2-4-7-12)15(20)17-10-13-8-5-9-18-19-13/h2-9,11,14H,10,16H2,1H3,(H,17,20). The van der Waals surface area contributed by atoms with Gasteiger partial charge in [-0.1, -0.05) is 37.3 Å². The van der Waals surface area contributed by atoms with Crippen LogP contribution in [0, 0.1) is 5.92 Å². The fourth-order valence-electron chi connectivity index (χ4n) is 1.89. The van der Waals surface area contributed by atoms with Crippen molar-refractivity contribution in [3.05, 3.63) is 59.9 Å². The SMILES string of the molecule is CC(C(=O)NCc1cccnn1)C(N)c1ccccc1. The van der Waals surface area contributed by atoms with Gasteiger partial charge in [0.25, 0.3) is 0 Å². The molecule has 2 aromatic rings. The van der Waals surface area contributed by atoms with Crippen molar-refractivity contribution in [3.8, 4) is 0 Å². The molecule has 0 saturated carbocycles. The van der Waals surface area contributed by atoms with Gasteiger partial charge in [0.2, 0.25) is 5.91 Å². The molecule has 0 fully saturated rings. The lowest BCUT2D eigenvalue weighted by molar-refractivity contribution is -0.125. The van der Waals surface area contributed by atoms with Gasteiger partial charge in [-0.15, -0.1) is 0 Å². The summed E-state index contributed by atoms with van der Waals surface area (Å²) in [5, 5.41) is 10.5. The highest BCUT2D eigenvalue weighted by atomic mass is 16.1. The number of carbonyl (C=O) groups is 1. The Kier molecular flexibility index (Phi) is 4.79. The topological polar surface area (TPSA) is 80.9 Å². The molecule has 0 radical (unpaired) electrons. The van der Waals surface area contributed by atoms with Crippen LogP contribution in [0.25, 0.3) is 0 Å². The van der Waals surface area contributed by atoms with E-state index in [-0.39, 0.29) is 17.9 Å². The van der Waals surface area contributed by atoms with Crippen LogP contribution in [0.3, 0.4) is 0 Å². The molecule has 0 aliphatic heterocycles. The highest BCUT2D eigenvalue weighted by Crippen LogP contribution is 2.19. The van der Waals surface area contributed by atoms with Crippen molar-refractivity contribution >= 4 is 5.91 Å². The van der Waals surface area contributed by atoms with Crippen LogP contribution in [0.1, 0.15) is 24.2 Å².